The van der Waals surface area contributed by atoms with E-state index in [9.17, 15) is 22.8 Å². The van der Waals surface area contributed by atoms with Gasteiger partial charge in [-0.15, -0.1) is 13.2 Å². The molecule has 1 aliphatic heterocycles. The van der Waals surface area contributed by atoms with E-state index in [1.807, 2.05) is 18.2 Å². The Balaban J connectivity index is 1.39. The van der Waals surface area contributed by atoms with E-state index >= 15 is 0 Å². The van der Waals surface area contributed by atoms with Gasteiger partial charge in [-0.2, -0.15) is 0 Å². The van der Waals surface area contributed by atoms with Crippen LogP contribution in [0.5, 0.6) is 17.2 Å². The maximum Gasteiger partial charge on any atom is 0.573 e. The first kappa shape index (κ1) is 25.7. The molecule has 3 aromatic carbocycles. The Labute approximate surface area is 225 Å². The van der Waals surface area contributed by atoms with Gasteiger partial charge in [0.1, 0.15) is 34.3 Å². The zero-order chi connectivity index (χ0) is 27.6. The van der Waals surface area contributed by atoms with Crippen LogP contribution in [0.15, 0.2) is 101 Å². The third-order valence-corrected chi connectivity index (χ3v) is 5.75. The van der Waals surface area contributed by atoms with Crippen molar-refractivity contribution in [1.29, 1.82) is 0 Å². The summed E-state index contributed by atoms with van der Waals surface area (Å²) in [4.78, 5) is 27.1. The number of thiocarbonyl (C=S) groups is 1. The van der Waals surface area contributed by atoms with Gasteiger partial charge in [-0.1, -0.05) is 30.3 Å². The van der Waals surface area contributed by atoms with Gasteiger partial charge in [0, 0.05) is 0 Å². The lowest BCUT2D eigenvalue weighted by Crippen LogP contribution is -2.54. The molecule has 7 nitrogen and oxygen atoms in total. The van der Waals surface area contributed by atoms with Crippen LogP contribution in [0.1, 0.15) is 5.76 Å². The van der Waals surface area contributed by atoms with Crippen molar-refractivity contribution in [1.82, 2.24) is 5.32 Å². The maximum absolute atomic E-state index is 13.3. The molecule has 196 valence electrons. The zero-order valence-electron chi connectivity index (χ0n) is 19.8. The van der Waals surface area contributed by atoms with Crippen LogP contribution in [0.3, 0.4) is 0 Å². The number of furan rings is 1. The highest BCUT2D eigenvalue weighted by Gasteiger charge is 2.35. The van der Waals surface area contributed by atoms with Crippen LogP contribution < -0.4 is 19.7 Å². The van der Waals surface area contributed by atoms with E-state index in [2.05, 4.69) is 10.1 Å². The second-order valence-corrected chi connectivity index (χ2v) is 8.50. The summed E-state index contributed by atoms with van der Waals surface area (Å²) >= 11 is 5.23. The summed E-state index contributed by atoms with van der Waals surface area (Å²) in [6.07, 6.45) is -3.70. The molecule has 0 saturated carbocycles. The van der Waals surface area contributed by atoms with Gasteiger partial charge in [0.15, 0.2) is 5.11 Å². The van der Waals surface area contributed by atoms with E-state index in [0.717, 1.165) is 11.0 Å². The molecule has 2 heterocycles. The van der Waals surface area contributed by atoms with Crippen LogP contribution >= 0.6 is 12.2 Å². The molecule has 1 saturated heterocycles. The van der Waals surface area contributed by atoms with Gasteiger partial charge < -0.3 is 13.9 Å². The van der Waals surface area contributed by atoms with Crippen LogP contribution in [-0.4, -0.2) is 23.3 Å². The summed E-state index contributed by atoms with van der Waals surface area (Å²) in [7, 11) is 0. The largest absolute Gasteiger partial charge is 0.573 e. The molecule has 0 unspecified atom stereocenters. The monoisotopic (exact) mass is 550 g/mol. The van der Waals surface area contributed by atoms with Crippen molar-refractivity contribution in [3.05, 3.63) is 102 Å². The fraction of sp³-hybridized carbons (Fsp3) is 0.0357. The summed E-state index contributed by atoms with van der Waals surface area (Å²) < 4.78 is 53.9. The van der Waals surface area contributed by atoms with Crippen molar-refractivity contribution in [2.24, 2.45) is 0 Å². The average Bonchev–Trinajstić information content (AvgIpc) is 3.36. The number of hydrogen-bond donors (Lipinski definition) is 1. The maximum atomic E-state index is 13.3. The minimum absolute atomic E-state index is 0.0412. The first-order valence-electron chi connectivity index (χ1n) is 11.4. The van der Waals surface area contributed by atoms with Crippen LogP contribution in [0, 0.1) is 0 Å². The van der Waals surface area contributed by atoms with Crippen LogP contribution in [0.4, 0.5) is 18.9 Å². The smallest absolute Gasteiger partial charge is 0.457 e. The molecule has 1 fully saturated rings. The molecule has 39 heavy (non-hydrogen) atoms. The number of halogens is 3. The van der Waals surface area contributed by atoms with E-state index < -0.39 is 23.9 Å². The molecule has 1 aromatic heterocycles. The number of hydrogen-bond acceptors (Lipinski definition) is 6. The number of rotatable bonds is 6. The third-order valence-electron chi connectivity index (χ3n) is 5.47. The van der Waals surface area contributed by atoms with Crippen molar-refractivity contribution in [2.75, 3.05) is 4.90 Å². The Hall–Kier alpha value is -4.90. The summed E-state index contributed by atoms with van der Waals surface area (Å²) in [5.41, 5.74) is 0.142. The summed E-state index contributed by atoms with van der Waals surface area (Å²) in [6, 6.07) is 23.9. The predicted molar refractivity (Wildman–Crippen MR) is 140 cm³/mol. The van der Waals surface area contributed by atoms with E-state index in [4.69, 9.17) is 21.4 Å². The Morgan fingerprint density at radius 1 is 0.846 bits per heavy atom. The topological polar surface area (TPSA) is 81.0 Å². The van der Waals surface area contributed by atoms with Crippen molar-refractivity contribution < 1.29 is 36.7 Å². The lowest BCUT2D eigenvalue weighted by atomic mass is 10.1. The first-order valence-corrected chi connectivity index (χ1v) is 11.8. The highest BCUT2D eigenvalue weighted by atomic mass is 32.1. The van der Waals surface area contributed by atoms with Gasteiger partial charge in [-0.05, 0) is 79.0 Å². The van der Waals surface area contributed by atoms with Gasteiger partial charge >= 0.3 is 6.36 Å². The van der Waals surface area contributed by atoms with Crippen LogP contribution in [-0.2, 0) is 9.59 Å². The fourth-order valence-electron chi connectivity index (χ4n) is 3.78. The van der Waals surface area contributed by atoms with Gasteiger partial charge in [-0.3, -0.25) is 19.8 Å². The number of ether oxygens (including phenoxy) is 2. The number of alkyl halides is 3. The molecule has 1 aliphatic rings. The van der Waals surface area contributed by atoms with E-state index in [0.29, 0.717) is 17.2 Å². The average molecular weight is 551 g/mol. The van der Waals surface area contributed by atoms with Crippen molar-refractivity contribution in [2.45, 2.75) is 6.36 Å². The fourth-order valence-corrected chi connectivity index (χ4v) is 4.06. The summed E-state index contributed by atoms with van der Waals surface area (Å²) in [5.74, 6) is -0.642. The van der Waals surface area contributed by atoms with Gasteiger partial charge in [0.25, 0.3) is 11.8 Å². The Kier molecular flexibility index (Phi) is 6.90. The zero-order valence-corrected chi connectivity index (χ0v) is 20.6. The lowest BCUT2D eigenvalue weighted by molar-refractivity contribution is -0.274. The third kappa shape index (κ3) is 5.83. The normalized spacial score (nSPS) is 14.9. The number of nitrogens with one attached hydrogen (secondary N) is 1. The minimum Gasteiger partial charge on any atom is -0.457 e. The predicted octanol–water partition coefficient (Wildman–Crippen LogP) is 6.47. The molecule has 5 rings (SSSR count). The number of benzene rings is 3. The van der Waals surface area contributed by atoms with Crippen molar-refractivity contribution in [3.8, 4) is 28.6 Å². The highest BCUT2D eigenvalue weighted by Crippen LogP contribution is 2.35. The standard InChI is InChI=1S/C28H17F3N2O5S/c29-28(30,31)38-24-9-5-4-8-21(24)23-15-14-20(37-23)16-22-25(34)32-27(39)33(26(22)35)17-10-12-19(13-11-17)36-18-6-2-1-3-7-18/h1-16H,(H,32,34,39). The highest BCUT2D eigenvalue weighted by molar-refractivity contribution is 7.80. The van der Waals surface area contributed by atoms with Gasteiger partial charge in [-0.25, -0.2) is 0 Å². The van der Waals surface area contributed by atoms with Gasteiger partial charge in [0.2, 0.25) is 0 Å². The van der Waals surface area contributed by atoms with Crippen LogP contribution in [0.2, 0.25) is 0 Å². The molecule has 0 atom stereocenters. The molecule has 0 radical (unpaired) electrons. The minimum atomic E-state index is -4.89. The Morgan fingerprint density at radius 2 is 1.51 bits per heavy atom. The van der Waals surface area contributed by atoms with E-state index in [1.165, 1.54) is 36.4 Å². The van der Waals surface area contributed by atoms with Crippen LogP contribution in [0.25, 0.3) is 17.4 Å². The number of amides is 2. The lowest BCUT2D eigenvalue weighted by Gasteiger charge is -2.28. The summed E-state index contributed by atoms with van der Waals surface area (Å²) in [5, 5.41) is 2.35. The number of carbonyl (C=O) groups excluding carboxylic acids is 2. The molecule has 0 bridgehead atoms. The number of nitrogens with zero attached hydrogens (tertiary/aromatic N) is 1. The first-order chi connectivity index (χ1) is 18.7. The molecule has 11 heteroatoms. The Morgan fingerprint density at radius 3 is 2.23 bits per heavy atom. The number of para-hydroxylation sites is 2. The Bertz CT molecular complexity index is 1580. The second-order valence-electron chi connectivity index (χ2n) is 8.11. The number of carbonyl (C=O) groups is 2. The molecule has 0 spiro atoms. The molecular formula is C28H17F3N2O5S. The molecular weight excluding hydrogens is 533 g/mol. The van der Waals surface area contributed by atoms with Crippen molar-refractivity contribution in [3.63, 3.8) is 0 Å². The summed E-state index contributed by atoms with van der Waals surface area (Å²) in [6.45, 7) is 0. The molecule has 4 aromatic rings. The molecule has 1 N–H and O–H groups in total. The second kappa shape index (κ2) is 10.5. The van der Waals surface area contributed by atoms with Crippen molar-refractivity contribution >= 4 is 40.9 Å². The SMILES string of the molecule is O=C1NC(=S)N(c2ccc(Oc3ccccc3)cc2)C(=O)C1=Cc1ccc(-c2ccccc2OC(F)(F)F)o1. The molecule has 2 amide bonds. The quantitative estimate of drug-likeness (QED) is 0.168. The van der Waals surface area contributed by atoms with Gasteiger partial charge in [0.05, 0.1) is 11.3 Å². The van der Waals surface area contributed by atoms with E-state index in [-0.39, 0.29) is 27.8 Å². The molecule has 0 aliphatic carbocycles. The van der Waals surface area contributed by atoms with E-state index in [1.54, 1.807) is 36.4 Å². The number of anilines is 1.